The molecule has 1 aliphatic heterocycles. The van der Waals surface area contributed by atoms with Crippen LogP contribution in [-0.2, 0) is 6.42 Å². The number of nitrogens with one attached hydrogen (secondary N) is 1. The van der Waals surface area contributed by atoms with Crippen LogP contribution < -0.4 is 10.2 Å². The van der Waals surface area contributed by atoms with Gasteiger partial charge in [0.15, 0.2) is 0 Å². The molecule has 16 heavy (non-hydrogen) atoms. The van der Waals surface area contributed by atoms with E-state index in [2.05, 4.69) is 34.5 Å². The third-order valence-corrected chi connectivity index (χ3v) is 3.37. The number of hydrogen-bond acceptors (Lipinski definition) is 2. The van der Waals surface area contributed by atoms with E-state index in [0.717, 1.165) is 11.4 Å². The van der Waals surface area contributed by atoms with Gasteiger partial charge in [-0.05, 0) is 30.5 Å². The van der Waals surface area contributed by atoms with E-state index in [0.29, 0.717) is 0 Å². The van der Waals surface area contributed by atoms with Crippen molar-refractivity contribution >= 4 is 22.9 Å². The molecule has 3 heteroatoms. The molecule has 0 amide bonds. The van der Waals surface area contributed by atoms with E-state index >= 15 is 0 Å². The second kappa shape index (κ2) is 5.30. The van der Waals surface area contributed by atoms with E-state index < -0.39 is 0 Å². The Morgan fingerprint density at radius 2 is 2.12 bits per heavy atom. The fourth-order valence-electron chi connectivity index (χ4n) is 2.11. The molecule has 0 spiro atoms. The summed E-state index contributed by atoms with van der Waals surface area (Å²) < 4.78 is 0. The van der Waals surface area contributed by atoms with Crippen LogP contribution in [0.3, 0.4) is 0 Å². The molecule has 0 bridgehead atoms. The molecule has 1 saturated heterocycles. The van der Waals surface area contributed by atoms with Gasteiger partial charge in [0.2, 0.25) is 0 Å². The van der Waals surface area contributed by atoms with Gasteiger partial charge in [0, 0.05) is 32.2 Å². The number of nitrogens with zero attached hydrogens (tertiary/aromatic N) is 1. The summed E-state index contributed by atoms with van der Waals surface area (Å²) in [5.74, 6) is 0. The van der Waals surface area contributed by atoms with E-state index in [1.165, 1.54) is 37.2 Å². The summed E-state index contributed by atoms with van der Waals surface area (Å²) in [7, 11) is 1.88. The van der Waals surface area contributed by atoms with Crippen molar-refractivity contribution in [2.24, 2.45) is 0 Å². The normalized spacial score (nSPS) is 15.2. The van der Waals surface area contributed by atoms with Crippen LogP contribution in [0, 0.1) is 0 Å². The SMILES string of the molecule is CNC(=S)Cc1cccc(N2CCCC2)c1. The van der Waals surface area contributed by atoms with Crippen LogP contribution in [0.4, 0.5) is 5.69 Å². The Bertz CT molecular complexity index is 370. The third-order valence-electron chi connectivity index (χ3n) is 3.03. The molecule has 1 heterocycles. The van der Waals surface area contributed by atoms with E-state index in [1.807, 2.05) is 7.05 Å². The lowest BCUT2D eigenvalue weighted by Crippen LogP contribution is -2.19. The Balaban J connectivity index is 2.09. The molecule has 0 saturated carbocycles. The minimum Gasteiger partial charge on any atom is -0.382 e. The molecule has 1 aliphatic rings. The highest BCUT2D eigenvalue weighted by molar-refractivity contribution is 7.80. The van der Waals surface area contributed by atoms with Gasteiger partial charge in [-0.15, -0.1) is 0 Å². The first-order chi connectivity index (χ1) is 7.79. The summed E-state index contributed by atoms with van der Waals surface area (Å²) in [6.07, 6.45) is 3.48. The smallest absolute Gasteiger partial charge is 0.0795 e. The van der Waals surface area contributed by atoms with Gasteiger partial charge in [0.05, 0.1) is 4.99 Å². The Hall–Kier alpha value is -1.09. The number of likely N-dealkylation sites (N-methyl/N-ethyl adjacent to an activating group) is 1. The van der Waals surface area contributed by atoms with Gasteiger partial charge >= 0.3 is 0 Å². The summed E-state index contributed by atoms with van der Waals surface area (Å²) in [6.45, 7) is 2.39. The number of benzene rings is 1. The first-order valence-electron chi connectivity index (χ1n) is 5.84. The van der Waals surface area contributed by atoms with Gasteiger partial charge in [-0.3, -0.25) is 0 Å². The van der Waals surface area contributed by atoms with Crippen molar-refractivity contribution in [3.05, 3.63) is 29.8 Å². The summed E-state index contributed by atoms with van der Waals surface area (Å²) >= 11 is 5.19. The Morgan fingerprint density at radius 1 is 1.38 bits per heavy atom. The zero-order valence-electron chi connectivity index (χ0n) is 9.70. The van der Waals surface area contributed by atoms with Crippen molar-refractivity contribution < 1.29 is 0 Å². The number of anilines is 1. The lowest BCUT2D eigenvalue weighted by Gasteiger charge is -2.18. The molecule has 0 radical (unpaired) electrons. The van der Waals surface area contributed by atoms with Crippen molar-refractivity contribution in [1.82, 2.24) is 5.32 Å². The maximum atomic E-state index is 5.19. The first-order valence-corrected chi connectivity index (χ1v) is 6.25. The third kappa shape index (κ3) is 2.73. The highest BCUT2D eigenvalue weighted by Gasteiger charge is 2.12. The van der Waals surface area contributed by atoms with E-state index in [4.69, 9.17) is 12.2 Å². The van der Waals surface area contributed by atoms with E-state index in [-0.39, 0.29) is 0 Å². The Morgan fingerprint density at radius 3 is 2.81 bits per heavy atom. The zero-order chi connectivity index (χ0) is 11.4. The maximum Gasteiger partial charge on any atom is 0.0795 e. The second-order valence-electron chi connectivity index (χ2n) is 4.21. The molecule has 0 aliphatic carbocycles. The van der Waals surface area contributed by atoms with Gasteiger partial charge in [0.1, 0.15) is 0 Å². The summed E-state index contributed by atoms with van der Waals surface area (Å²) in [5, 5.41) is 3.02. The van der Waals surface area contributed by atoms with Crippen molar-refractivity contribution in [3.63, 3.8) is 0 Å². The second-order valence-corrected chi connectivity index (χ2v) is 4.71. The van der Waals surface area contributed by atoms with Crippen molar-refractivity contribution in [2.75, 3.05) is 25.0 Å². The van der Waals surface area contributed by atoms with Crippen LogP contribution in [0.25, 0.3) is 0 Å². The monoisotopic (exact) mass is 234 g/mol. The maximum absolute atomic E-state index is 5.19. The standard InChI is InChI=1S/C13H18N2S/c1-14-13(16)10-11-5-4-6-12(9-11)15-7-2-3-8-15/h4-6,9H,2-3,7-8,10H2,1H3,(H,14,16). The van der Waals surface area contributed by atoms with Crippen molar-refractivity contribution in [2.45, 2.75) is 19.3 Å². The molecule has 1 aromatic carbocycles. The van der Waals surface area contributed by atoms with Crippen LogP contribution in [-0.4, -0.2) is 25.1 Å². The van der Waals surface area contributed by atoms with Crippen molar-refractivity contribution in [1.29, 1.82) is 0 Å². The number of hydrogen-bond donors (Lipinski definition) is 1. The van der Waals surface area contributed by atoms with Gasteiger partial charge in [0.25, 0.3) is 0 Å². The molecule has 0 unspecified atom stereocenters. The minimum absolute atomic E-state index is 0.841. The molecule has 1 aromatic rings. The molecule has 86 valence electrons. The quantitative estimate of drug-likeness (QED) is 0.808. The zero-order valence-corrected chi connectivity index (χ0v) is 10.5. The lowest BCUT2D eigenvalue weighted by molar-refractivity contribution is 0.949. The van der Waals surface area contributed by atoms with Gasteiger partial charge in [-0.2, -0.15) is 0 Å². The van der Waals surface area contributed by atoms with Gasteiger partial charge in [-0.1, -0.05) is 24.4 Å². The molecule has 0 aromatic heterocycles. The summed E-state index contributed by atoms with van der Waals surface area (Å²) in [5.41, 5.74) is 2.64. The fraction of sp³-hybridized carbons (Fsp3) is 0.462. The van der Waals surface area contributed by atoms with Crippen molar-refractivity contribution in [3.8, 4) is 0 Å². The molecule has 2 rings (SSSR count). The van der Waals surface area contributed by atoms with Crippen LogP contribution in [0.15, 0.2) is 24.3 Å². The molecule has 1 N–H and O–H groups in total. The van der Waals surface area contributed by atoms with Crippen LogP contribution in [0.5, 0.6) is 0 Å². The molecule has 0 atom stereocenters. The van der Waals surface area contributed by atoms with E-state index in [1.54, 1.807) is 0 Å². The summed E-state index contributed by atoms with van der Waals surface area (Å²) in [4.78, 5) is 3.35. The topological polar surface area (TPSA) is 15.3 Å². The predicted octanol–water partition coefficient (Wildman–Crippen LogP) is 2.38. The molecule has 1 fully saturated rings. The van der Waals surface area contributed by atoms with Crippen LogP contribution >= 0.6 is 12.2 Å². The van der Waals surface area contributed by atoms with Gasteiger partial charge < -0.3 is 10.2 Å². The lowest BCUT2D eigenvalue weighted by atomic mass is 10.1. The summed E-state index contributed by atoms with van der Waals surface area (Å²) in [6, 6.07) is 8.72. The predicted molar refractivity (Wildman–Crippen MR) is 73.3 cm³/mol. The highest BCUT2D eigenvalue weighted by atomic mass is 32.1. The molecule has 2 nitrogen and oxygen atoms in total. The first kappa shape index (κ1) is 11.4. The van der Waals surface area contributed by atoms with Gasteiger partial charge in [-0.25, -0.2) is 0 Å². The van der Waals surface area contributed by atoms with Crippen LogP contribution in [0.1, 0.15) is 18.4 Å². The molecular formula is C13H18N2S. The van der Waals surface area contributed by atoms with E-state index in [9.17, 15) is 0 Å². The Kier molecular flexibility index (Phi) is 3.78. The van der Waals surface area contributed by atoms with Crippen LogP contribution in [0.2, 0.25) is 0 Å². The number of thiocarbonyl (C=S) groups is 1. The highest BCUT2D eigenvalue weighted by Crippen LogP contribution is 2.21. The Labute approximate surface area is 103 Å². The minimum atomic E-state index is 0.841. The number of rotatable bonds is 3. The fourth-order valence-corrected chi connectivity index (χ4v) is 2.28. The molecular weight excluding hydrogens is 216 g/mol. The average molecular weight is 234 g/mol. The average Bonchev–Trinajstić information content (AvgIpc) is 2.83. The largest absolute Gasteiger partial charge is 0.382 e.